The van der Waals surface area contributed by atoms with Crippen molar-refractivity contribution >= 4 is 10.0 Å². The summed E-state index contributed by atoms with van der Waals surface area (Å²) in [5.74, 6) is 1.05. The Bertz CT molecular complexity index is 432. The van der Waals surface area contributed by atoms with E-state index in [1.807, 2.05) is 0 Å². The summed E-state index contributed by atoms with van der Waals surface area (Å²) in [6, 6.07) is 1.17. The van der Waals surface area contributed by atoms with Crippen LogP contribution in [-0.4, -0.2) is 68.2 Å². The molecule has 0 amide bonds. The molecule has 0 aliphatic carbocycles. The van der Waals surface area contributed by atoms with Gasteiger partial charge in [-0.25, -0.2) is 12.7 Å². The predicted octanol–water partition coefficient (Wildman–Crippen LogP) is 0.484. The average Bonchev–Trinajstić information content (AvgIpc) is 2.85. The van der Waals surface area contributed by atoms with Gasteiger partial charge in [-0.1, -0.05) is 0 Å². The Kier molecular flexibility index (Phi) is 4.36. The quantitative estimate of drug-likeness (QED) is 0.821. The lowest BCUT2D eigenvalue weighted by molar-refractivity contribution is 0.190. The van der Waals surface area contributed by atoms with Crippen molar-refractivity contribution in [2.75, 3.05) is 38.5 Å². The molecule has 6 heteroatoms. The van der Waals surface area contributed by atoms with Gasteiger partial charge in [-0.2, -0.15) is 0 Å². The summed E-state index contributed by atoms with van der Waals surface area (Å²) in [5, 5.41) is 3.83. The van der Waals surface area contributed by atoms with E-state index in [0.717, 1.165) is 18.8 Å². The molecule has 0 saturated carbocycles. The molecule has 3 heterocycles. The zero-order valence-electron chi connectivity index (χ0n) is 12.4. The third-order valence-electron chi connectivity index (χ3n) is 5.30. The lowest BCUT2D eigenvalue weighted by Crippen LogP contribution is -2.52. The van der Waals surface area contributed by atoms with Crippen LogP contribution in [0.25, 0.3) is 0 Å². The Balaban J connectivity index is 1.49. The van der Waals surface area contributed by atoms with Crippen molar-refractivity contribution in [1.29, 1.82) is 0 Å². The minimum atomic E-state index is -2.99. The fourth-order valence-corrected chi connectivity index (χ4v) is 5.09. The minimum Gasteiger partial charge on any atom is -0.311 e. The van der Waals surface area contributed by atoms with Crippen LogP contribution in [-0.2, 0) is 10.0 Å². The molecule has 2 bridgehead atoms. The van der Waals surface area contributed by atoms with Crippen molar-refractivity contribution in [2.45, 2.75) is 44.7 Å². The molecule has 3 atom stereocenters. The Morgan fingerprint density at radius 2 is 1.75 bits per heavy atom. The molecule has 3 aliphatic rings. The van der Waals surface area contributed by atoms with E-state index in [4.69, 9.17) is 0 Å². The van der Waals surface area contributed by atoms with E-state index < -0.39 is 10.0 Å². The normalized spacial score (nSPS) is 36.4. The minimum absolute atomic E-state index is 0.228. The smallest absolute Gasteiger partial charge is 0.213 e. The van der Waals surface area contributed by atoms with E-state index in [2.05, 4.69) is 10.2 Å². The number of hydrogen-bond donors (Lipinski definition) is 1. The average molecular weight is 301 g/mol. The molecule has 0 spiro atoms. The fraction of sp³-hybridized carbons (Fsp3) is 1.00. The highest BCUT2D eigenvalue weighted by atomic mass is 32.2. The second-order valence-corrected chi connectivity index (χ2v) is 8.74. The van der Waals surface area contributed by atoms with Crippen LogP contribution in [0.3, 0.4) is 0 Å². The van der Waals surface area contributed by atoms with Crippen molar-refractivity contribution in [2.24, 2.45) is 5.92 Å². The Labute approximate surface area is 122 Å². The third-order valence-corrected chi connectivity index (χ3v) is 7.18. The summed E-state index contributed by atoms with van der Waals surface area (Å²) < 4.78 is 25.4. The number of sulfonamides is 1. The van der Waals surface area contributed by atoms with Gasteiger partial charge in [0.25, 0.3) is 0 Å². The second kappa shape index (κ2) is 5.91. The molecule has 3 aliphatic heterocycles. The number of nitrogens with zero attached hydrogens (tertiary/aromatic N) is 2. The lowest BCUT2D eigenvalue weighted by atomic mass is 9.92. The largest absolute Gasteiger partial charge is 0.311 e. The van der Waals surface area contributed by atoms with E-state index in [1.165, 1.54) is 32.5 Å². The molecule has 0 aromatic carbocycles. The molecule has 5 nitrogen and oxygen atoms in total. The molecule has 0 aromatic rings. The zero-order valence-corrected chi connectivity index (χ0v) is 13.2. The molecular weight excluding hydrogens is 274 g/mol. The standard InChI is InChI=1S/C14H27N3O2S/c1-2-20(18,19)17-9-4-13(5-10-17)15-14-6-8-16-7-3-12(14)11-16/h12-15H,2-11H2,1H3. The van der Waals surface area contributed by atoms with Crippen LogP contribution in [0.2, 0.25) is 0 Å². The second-order valence-electron chi connectivity index (χ2n) is 6.49. The van der Waals surface area contributed by atoms with Crippen LogP contribution in [0.1, 0.15) is 32.6 Å². The van der Waals surface area contributed by atoms with Crippen molar-refractivity contribution in [3.63, 3.8) is 0 Å². The molecule has 0 aromatic heterocycles. The Hall–Kier alpha value is -0.170. The van der Waals surface area contributed by atoms with E-state index in [-0.39, 0.29) is 5.75 Å². The van der Waals surface area contributed by atoms with Crippen LogP contribution < -0.4 is 5.32 Å². The van der Waals surface area contributed by atoms with Crippen molar-refractivity contribution < 1.29 is 8.42 Å². The van der Waals surface area contributed by atoms with Gasteiger partial charge in [0.1, 0.15) is 0 Å². The number of nitrogens with one attached hydrogen (secondary N) is 1. The summed E-state index contributed by atoms with van der Waals surface area (Å²) in [5.41, 5.74) is 0. The highest BCUT2D eigenvalue weighted by Gasteiger charge is 2.36. The van der Waals surface area contributed by atoms with Gasteiger partial charge in [-0.15, -0.1) is 0 Å². The van der Waals surface area contributed by atoms with Crippen molar-refractivity contribution in [3.8, 4) is 0 Å². The van der Waals surface area contributed by atoms with Gasteiger partial charge < -0.3 is 10.2 Å². The van der Waals surface area contributed by atoms with Gasteiger partial charge >= 0.3 is 0 Å². The van der Waals surface area contributed by atoms with Gasteiger partial charge in [-0.05, 0) is 51.6 Å². The molecule has 3 saturated heterocycles. The SMILES string of the molecule is CCS(=O)(=O)N1CCC(NC2CCN3CCC2C3)CC1. The summed E-state index contributed by atoms with van der Waals surface area (Å²) in [7, 11) is -2.99. The van der Waals surface area contributed by atoms with E-state index in [9.17, 15) is 8.42 Å². The third kappa shape index (κ3) is 3.03. The number of piperidine rings is 2. The predicted molar refractivity (Wildman–Crippen MR) is 80.1 cm³/mol. The first-order chi connectivity index (χ1) is 9.58. The molecule has 3 unspecified atom stereocenters. The molecule has 3 fully saturated rings. The number of hydrogen-bond acceptors (Lipinski definition) is 4. The first kappa shape index (κ1) is 14.8. The van der Waals surface area contributed by atoms with Gasteiger partial charge in [-0.3, -0.25) is 0 Å². The van der Waals surface area contributed by atoms with Gasteiger partial charge in [0, 0.05) is 31.7 Å². The molecule has 3 rings (SSSR count). The topological polar surface area (TPSA) is 52.7 Å². The maximum absolute atomic E-state index is 11.9. The first-order valence-electron chi connectivity index (χ1n) is 8.04. The summed E-state index contributed by atoms with van der Waals surface area (Å²) in [4.78, 5) is 2.57. The molecule has 0 radical (unpaired) electrons. The van der Waals surface area contributed by atoms with Crippen LogP contribution in [0.4, 0.5) is 0 Å². The maximum Gasteiger partial charge on any atom is 0.213 e. The van der Waals surface area contributed by atoms with Crippen LogP contribution in [0.5, 0.6) is 0 Å². The molecule has 116 valence electrons. The van der Waals surface area contributed by atoms with Gasteiger partial charge in [0.2, 0.25) is 10.0 Å². The van der Waals surface area contributed by atoms with E-state index >= 15 is 0 Å². The zero-order chi connectivity index (χ0) is 14.2. The molecule has 20 heavy (non-hydrogen) atoms. The highest BCUT2D eigenvalue weighted by Crippen LogP contribution is 2.28. The number of rotatable bonds is 4. The number of fused-ring (bicyclic) bond motifs is 2. The van der Waals surface area contributed by atoms with Gasteiger partial charge in [0.05, 0.1) is 5.75 Å². The molecular formula is C14H27N3O2S. The van der Waals surface area contributed by atoms with Crippen LogP contribution >= 0.6 is 0 Å². The van der Waals surface area contributed by atoms with Crippen molar-refractivity contribution in [1.82, 2.24) is 14.5 Å². The van der Waals surface area contributed by atoms with Crippen LogP contribution in [0.15, 0.2) is 0 Å². The monoisotopic (exact) mass is 301 g/mol. The van der Waals surface area contributed by atoms with E-state index in [1.54, 1.807) is 11.2 Å². The lowest BCUT2D eigenvalue weighted by Gasteiger charge is -2.37. The molecule has 1 N–H and O–H groups in total. The fourth-order valence-electron chi connectivity index (χ4n) is 3.96. The maximum atomic E-state index is 11.9. The Morgan fingerprint density at radius 1 is 1.05 bits per heavy atom. The Morgan fingerprint density at radius 3 is 2.45 bits per heavy atom. The van der Waals surface area contributed by atoms with Gasteiger partial charge in [0.15, 0.2) is 0 Å². The first-order valence-corrected chi connectivity index (χ1v) is 9.65. The summed E-state index contributed by atoms with van der Waals surface area (Å²) in [6.45, 7) is 6.89. The van der Waals surface area contributed by atoms with E-state index in [0.29, 0.717) is 25.2 Å². The summed E-state index contributed by atoms with van der Waals surface area (Å²) in [6.07, 6.45) is 4.52. The summed E-state index contributed by atoms with van der Waals surface area (Å²) >= 11 is 0. The van der Waals surface area contributed by atoms with Crippen LogP contribution in [0, 0.1) is 5.92 Å². The highest BCUT2D eigenvalue weighted by molar-refractivity contribution is 7.89. The van der Waals surface area contributed by atoms with Crippen molar-refractivity contribution in [3.05, 3.63) is 0 Å².